The van der Waals surface area contributed by atoms with E-state index in [1.54, 1.807) is 13.0 Å². The average Bonchev–Trinajstić information content (AvgIpc) is 2.51. The predicted octanol–water partition coefficient (Wildman–Crippen LogP) is 0.393. The summed E-state index contributed by atoms with van der Waals surface area (Å²) in [6, 6.07) is 5.50. The van der Waals surface area contributed by atoms with Gasteiger partial charge in [-0.15, -0.1) is 0 Å². The largest absolute Gasteiger partial charge is 0.368 e. The third kappa shape index (κ3) is 6.59. The molecule has 0 heterocycles. The van der Waals surface area contributed by atoms with E-state index in [2.05, 4.69) is 10.6 Å². The normalized spacial score (nSPS) is 13.8. The highest BCUT2D eigenvalue weighted by molar-refractivity contribution is 5.91. The Morgan fingerprint density at radius 2 is 2.00 bits per heavy atom. The smallest absolute Gasteiger partial charge is 0.243 e. The molecule has 0 radical (unpaired) electrons. The first kappa shape index (κ1) is 20.1. The second-order valence-electron chi connectivity index (χ2n) is 5.82. The van der Waals surface area contributed by atoms with E-state index in [1.807, 2.05) is 6.07 Å². The van der Waals surface area contributed by atoms with Gasteiger partial charge in [0.25, 0.3) is 0 Å². The van der Waals surface area contributed by atoms with E-state index in [4.69, 9.17) is 11.0 Å². The molecule has 3 atom stereocenters. The van der Waals surface area contributed by atoms with E-state index >= 15 is 0 Å². The number of carbonyl (C=O) groups is 3. The molecule has 0 unspecified atom stereocenters. The van der Waals surface area contributed by atoms with Gasteiger partial charge in [0.05, 0.1) is 6.07 Å². The van der Waals surface area contributed by atoms with Crippen molar-refractivity contribution >= 4 is 17.7 Å². The van der Waals surface area contributed by atoms with Crippen molar-refractivity contribution in [3.05, 3.63) is 35.6 Å². The molecule has 134 valence electrons. The Labute approximate surface area is 145 Å². The number of primary amides is 1. The van der Waals surface area contributed by atoms with E-state index in [9.17, 15) is 18.8 Å². The Morgan fingerprint density at radius 1 is 1.32 bits per heavy atom. The van der Waals surface area contributed by atoms with Crippen LogP contribution in [0.2, 0.25) is 0 Å². The van der Waals surface area contributed by atoms with Crippen molar-refractivity contribution in [1.29, 1.82) is 5.26 Å². The van der Waals surface area contributed by atoms with Gasteiger partial charge in [-0.3, -0.25) is 14.4 Å². The zero-order valence-electron chi connectivity index (χ0n) is 14.1. The van der Waals surface area contributed by atoms with Crippen LogP contribution in [0.1, 0.15) is 25.8 Å². The van der Waals surface area contributed by atoms with Crippen LogP contribution in [-0.2, 0) is 20.8 Å². The number of hydrogen-bond acceptors (Lipinski definition) is 4. The summed E-state index contributed by atoms with van der Waals surface area (Å²) in [7, 11) is 0. The number of halogens is 1. The lowest BCUT2D eigenvalue weighted by atomic mass is 9.97. The van der Waals surface area contributed by atoms with Crippen molar-refractivity contribution < 1.29 is 18.8 Å². The number of benzene rings is 1. The molecule has 0 aliphatic carbocycles. The Morgan fingerprint density at radius 3 is 2.52 bits per heavy atom. The van der Waals surface area contributed by atoms with Gasteiger partial charge in [-0.25, -0.2) is 4.39 Å². The van der Waals surface area contributed by atoms with Gasteiger partial charge in [-0.1, -0.05) is 19.1 Å². The quantitative estimate of drug-likeness (QED) is 0.628. The van der Waals surface area contributed by atoms with Crippen LogP contribution in [0.4, 0.5) is 4.39 Å². The number of amides is 3. The maximum absolute atomic E-state index is 13.3. The molecule has 0 bridgehead atoms. The first-order valence-corrected chi connectivity index (χ1v) is 7.72. The van der Waals surface area contributed by atoms with Crippen molar-refractivity contribution in [2.75, 3.05) is 0 Å². The molecule has 1 rings (SSSR count). The van der Waals surface area contributed by atoms with Crippen molar-refractivity contribution in [2.24, 2.45) is 11.7 Å². The fourth-order valence-electron chi connectivity index (χ4n) is 2.36. The third-order valence-corrected chi connectivity index (χ3v) is 3.61. The summed E-state index contributed by atoms with van der Waals surface area (Å²) in [6.07, 6.45) is 0.0733. The molecule has 7 nitrogen and oxygen atoms in total. The Kier molecular flexibility index (Phi) is 7.53. The topological polar surface area (TPSA) is 125 Å². The summed E-state index contributed by atoms with van der Waals surface area (Å²) in [5.41, 5.74) is 5.80. The molecule has 0 aliphatic rings. The summed E-state index contributed by atoms with van der Waals surface area (Å²) in [5.74, 6) is -2.80. The zero-order chi connectivity index (χ0) is 19.0. The van der Waals surface area contributed by atoms with Crippen LogP contribution in [0.5, 0.6) is 0 Å². The Balaban J connectivity index is 2.93. The summed E-state index contributed by atoms with van der Waals surface area (Å²) in [6.45, 7) is 2.86. The predicted molar refractivity (Wildman–Crippen MR) is 88.2 cm³/mol. The van der Waals surface area contributed by atoms with Gasteiger partial charge in [0.15, 0.2) is 0 Å². The van der Waals surface area contributed by atoms with Crippen LogP contribution < -0.4 is 16.4 Å². The van der Waals surface area contributed by atoms with E-state index in [-0.39, 0.29) is 12.8 Å². The summed E-state index contributed by atoms with van der Waals surface area (Å²) >= 11 is 0. The van der Waals surface area contributed by atoms with Gasteiger partial charge in [-0.2, -0.15) is 5.26 Å². The number of hydrogen-bond donors (Lipinski definition) is 3. The minimum Gasteiger partial charge on any atom is -0.368 e. The molecule has 1 aromatic rings. The third-order valence-electron chi connectivity index (χ3n) is 3.61. The van der Waals surface area contributed by atoms with Crippen molar-refractivity contribution in [3.63, 3.8) is 0 Å². The molecule has 8 heteroatoms. The van der Waals surface area contributed by atoms with Gasteiger partial charge in [0, 0.05) is 19.8 Å². The lowest BCUT2D eigenvalue weighted by molar-refractivity contribution is -0.131. The molecular formula is C17H21FN4O3. The molecule has 3 amide bonds. The summed E-state index contributed by atoms with van der Waals surface area (Å²) in [4.78, 5) is 35.4. The molecule has 0 aromatic heterocycles. The fraction of sp³-hybridized carbons (Fsp3) is 0.412. The van der Waals surface area contributed by atoms with Crippen LogP contribution in [0.15, 0.2) is 24.3 Å². The Hall–Kier alpha value is -2.95. The zero-order valence-corrected chi connectivity index (χ0v) is 14.1. The van der Waals surface area contributed by atoms with Crippen molar-refractivity contribution in [3.8, 4) is 6.07 Å². The maximum atomic E-state index is 13.3. The minimum absolute atomic E-state index is 0.0303. The van der Waals surface area contributed by atoms with Gasteiger partial charge in [0.1, 0.15) is 17.9 Å². The highest BCUT2D eigenvalue weighted by atomic mass is 19.1. The van der Waals surface area contributed by atoms with Crippen LogP contribution in [0.25, 0.3) is 0 Å². The molecule has 0 aliphatic heterocycles. The minimum atomic E-state index is -1.05. The van der Waals surface area contributed by atoms with E-state index in [0.717, 1.165) is 0 Å². The second-order valence-corrected chi connectivity index (χ2v) is 5.82. The summed E-state index contributed by atoms with van der Waals surface area (Å²) in [5, 5.41) is 13.7. The van der Waals surface area contributed by atoms with Crippen molar-refractivity contribution in [2.45, 2.75) is 38.8 Å². The molecule has 0 fully saturated rings. The van der Waals surface area contributed by atoms with E-state index in [1.165, 1.54) is 25.1 Å². The first-order chi connectivity index (χ1) is 11.7. The number of nitrogens with zero attached hydrogens (tertiary/aromatic N) is 1. The highest BCUT2D eigenvalue weighted by Crippen LogP contribution is 2.10. The van der Waals surface area contributed by atoms with Crippen molar-refractivity contribution in [1.82, 2.24) is 10.6 Å². The number of carbonyl (C=O) groups excluding carboxylic acids is 3. The van der Waals surface area contributed by atoms with Gasteiger partial charge >= 0.3 is 0 Å². The van der Waals surface area contributed by atoms with E-state index in [0.29, 0.717) is 5.56 Å². The van der Waals surface area contributed by atoms with Crippen LogP contribution >= 0.6 is 0 Å². The molecule has 25 heavy (non-hydrogen) atoms. The highest BCUT2D eigenvalue weighted by Gasteiger charge is 2.28. The molecule has 0 saturated carbocycles. The van der Waals surface area contributed by atoms with Crippen LogP contribution in [0, 0.1) is 23.1 Å². The average molecular weight is 348 g/mol. The number of nitriles is 1. The maximum Gasteiger partial charge on any atom is 0.243 e. The molecule has 0 spiro atoms. The van der Waals surface area contributed by atoms with Crippen LogP contribution in [-0.4, -0.2) is 29.8 Å². The van der Waals surface area contributed by atoms with Gasteiger partial charge < -0.3 is 16.4 Å². The standard InChI is InChI=1S/C17H21FN4O3/c1-10(6-7-19)15(16(20)24)22-17(25)14(21-11(2)23)9-12-4-3-5-13(18)8-12/h3-5,8,10,14-15H,6,9H2,1-2H3,(H2,20,24)(H,21,23)(H,22,25)/t10-,14+,15-/m0/s1. The lowest BCUT2D eigenvalue weighted by Gasteiger charge is -2.24. The Bertz CT molecular complexity index is 687. The fourth-order valence-corrected chi connectivity index (χ4v) is 2.36. The van der Waals surface area contributed by atoms with Crippen LogP contribution in [0.3, 0.4) is 0 Å². The molecule has 4 N–H and O–H groups in total. The number of nitrogens with one attached hydrogen (secondary N) is 2. The van der Waals surface area contributed by atoms with Gasteiger partial charge in [0.2, 0.25) is 17.7 Å². The number of rotatable bonds is 8. The molecular weight excluding hydrogens is 327 g/mol. The SMILES string of the molecule is CC(=O)N[C@H](Cc1cccc(F)c1)C(=O)N[C@H](C(N)=O)[C@@H](C)CC#N. The monoisotopic (exact) mass is 348 g/mol. The summed E-state index contributed by atoms with van der Waals surface area (Å²) < 4.78 is 13.3. The molecule has 0 saturated heterocycles. The second kappa shape index (κ2) is 9.37. The molecule has 1 aromatic carbocycles. The number of nitrogens with two attached hydrogens (primary N) is 1. The van der Waals surface area contributed by atoms with Gasteiger partial charge in [-0.05, 0) is 23.6 Å². The lowest BCUT2D eigenvalue weighted by Crippen LogP contribution is -2.55. The first-order valence-electron chi connectivity index (χ1n) is 7.72. The van der Waals surface area contributed by atoms with E-state index < -0.39 is 41.5 Å².